The van der Waals surface area contributed by atoms with Crippen LogP contribution < -0.4 is 10.1 Å². The summed E-state index contributed by atoms with van der Waals surface area (Å²) < 4.78 is 5.30. The fraction of sp³-hybridized carbons (Fsp3) is 0.190. The number of fused-ring (bicyclic) bond motifs is 1. The van der Waals surface area contributed by atoms with Crippen LogP contribution in [0, 0.1) is 0 Å². The van der Waals surface area contributed by atoms with E-state index in [1.54, 1.807) is 7.11 Å². The lowest BCUT2D eigenvalue weighted by atomic mass is 10.0. The summed E-state index contributed by atoms with van der Waals surface area (Å²) in [5.41, 5.74) is 1.99. The van der Waals surface area contributed by atoms with Gasteiger partial charge in [0.2, 0.25) is 5.91 Å². The monoisotopic (exact) mass is 319 g/mol. The minimum atomic E-state index is -0.0446. The van der Waals surface area contributed by atoms with E-state index in [1.165, 1.54) is 10.8 Å². The number of nitrogens with one attached hydrogen (secondary N) is 1. The molecule has 0 saturated carbocycles. The van der Waals surface area contributed by atoms with E-state index in [-0.39, 0.29) is 11.9 Å². The predicted molar refractivity (Wildman–Crippen MR) is 97.2 cm³/mol. The zero-order chi connectivity index (χ0) is 16.9. The first-order valence-corrected chi connectivity index (χ1v) is 8.07. The minimum absolute atomic E-state index is 0.0137. The maximum absolute atomic E-state index is 12.4. The van der Waals surface area contributed by atoms with Crippen LogP contribution >= 0.6 is 0 Å². The highest BCUT2D eigenvalue weighted by atomic mass is 16.5. The van der Waals surface area contributed by atoms with Crippen molar-refractivity contribution in [2.75, 3.05) is 7.11 Å². The second-order valence-corrected chi connectivity index (χ2v) is 5.88. The van der Waals surface area contributed by atoms with E-state index in [0.717, 1.165) is 16.9 Å². The molecule has 24 heavy (non-hydrogen) atoms. The molecule has 0 radical (unpaired) electrons. The lowest BCUT2D eigenvalue weighted by molar-refractivity contribution is -0.121. The van der Waals surface area contributed by atoms with Crippen molar-refractivity contribution in [2.45, 2.75) is 19.4 Å². The van der Waals surface area contributed by atoms with Gasteiger partial charge >= 0.3 is 0 Å². The van der Waals surface area contributed by atoms with E-state index in [4.69, 9.17) is 4.74 Å². The van der Waals surface area contributed by atoms with Crippen LogP contribution in [0.15, 0.2) is 66.7 Å². The van der Waals surface area contributed by atoms with Gasteiger partial charge in [0.25, 0.3) is 0 Å². The van der Waals surface area contributed by atoms with Gasteiger partial charge in [0.05, 0.1) is 19.6 Å². The first kappa shape index (κ1) is 16.1. The number of carbonyl (C=O) groups excluding carboxylic acids is 1. The van der Waals surface area contributed by atoms with Gasteiger partial charge in [0.15, 0.2) is 0 Å². The van der Waals surface area contributed by atoms with Crippen LogP contribution in [0.2, 0.25) is 0 Å². The Morgan fingerprint density at radius 3 is 2.50 bits per heavy atom. The van der Waals surface area contributed by atoms with Gasteiger partial charge in [-0.2, -0.15) is 0 Å². The van der Waals surface area contributed by atoms with Crippen molar-refractivity contribution in [3.8, 4) is 5.75 Å². The molecule has 3 nitrogen and oxygen atoms in total. The molecule has 1 N–H and O–H groups in total. The van der Waals surface area contributed by atoms with Crippen molar-refractivity contribution in [3.05, 3.63) is 77.9 Å². The van der Waals surface area contributed by atoms with Gasteiger partial charge in [-0.3, -0.25) is 4.79 Å². The molecular formula is C21H21NO2. The molecule has 0 aliphatic rings. The van der Waals surface area contributed by atoms with E-state index in [1.807, 2.05) is 43.3 Å². The molecule has 3 aromatic carbocycles. The molecule has 0 saturated heterocycles. The Bertz CT molecular complexity index is 857. The standard InChI is InChI=1S/C21H21NO2/c1-15(17-12-11-16-7-3-4-8-18(16)13-17)22-21(23)14-19-9-5-6-10-20(19)24-2/h3-13,15H,14H2,1-2H3,(H,22,23). The molecule has 0 aliphatic carbocycles. The van der Waals surface area contributed by atoms with Crippen LogP contribution in [-0.2, 0) is 11.2 Å². The smallest absolute Gasteiger partial charge is 0.225 e. The van der Waals surface area contributed by atoms with E-state index in [0.29, 0.717) is 6.42 Å². The Balaban J connectivity index is 1.71. The Morgan fingerprint density at radius 1 is 1.00 bits per heavy atom. The van der Waals surface area contributed by atoms with Crippen molar-refractivity contribution in [2.24, 2.45) is 0 Å². The first-order valence-electron chi connectivity index (χ1n) is 8.07. The van der Waals surface area contributed by atoms with Gasteiger partial charge in [-0.15, -0.1) is 0 Å². The quantitative estimate of drug-likeness (QED) is 0.763. The summed E-state index contributed by atoms with van der Waals surface area (Å²) in [7, 11) is 1.62. The zero-order valence-corrected chi connectivity index (χ0v) is 14.0. The van der Waals surface area contributed by atoms with Crippen molar-refractivity contribution >= 4 is 16.7 Å². The second kappa shape index (κ2) is 7.18. The molecule has 0 spiro atoms. The Morgan fingerprint density at radius 2 is 1.71 bits per heavy atom. The largest absolute Gasteiger partial charge is 0.496 e. The molecule has 1 unspecified atom stereocenters. The summed E-state index contributed by atoms with van der Waals surface area (Å²) in [5.74, 6) is 0.728. The average molecular weight is 319 g/mol. The third-order valence-electron chi connectivity index (χ3n) is 4.19. The van der Waals surface area contributed by atoms with Gasteiger partial charge in [0, 0.05) is 5.56 Å². The van der Waals surface area contributed by atoms with E-state index < -0.39 is 0 Å². The minimum Gasteiger partial charge on any atom is -0.496 e. The van der Waals surface area contributed by atoms with Crippen LogP contribution in [0.4, 0.5) is 0 Å². The summed E-state index contributed by atoms with van der Waals surface area (Å²) >= 11 is 0. The van der Waals surface area contributed by atoms with Gasteiger partial charge in [0.1, 0.15) is 5.75 Å². The number of rotatable bonds is 5. The molecule has 122 valence electrons. The summed E-state index contributed by atoms with van der Waals surface area (Å²) in [6.45, 7) is 2.00. The maximum Gasteiger partial charge on any atom is 0.225 e. The highest BCUT2D eigenvalue weighted by Gasteiger charge is 2.12. The lowest BCUT2D eigenvalue weighted by Gasteiger charge is -2.16. The Kier molecular flexibility index (Phi) is 4.80. The van der Waals surface area contributed by atoms with E-state index in [9.17, 15) is 4.79 Å². The number of methoxy groups -OCH3 is 1. The van der Waals surface area contributed by atoms with Crippen LogP contribution in [0.25, 0.3) is 10.8 Å². The molecule has 1 amide bonds. The molecule has 3 aromatic rings. The summed E-state index contributed by atoms with van der Waals surface area (Å²) in [4.78, 5) is 12.4. The molecule has 0 fully saturated rings. The summed E-state index contributed by atoms with van der Waals surface area (Å²) in [6, 6.07) is 22.1. The molecule has 0 bridgehead atoms. The Labute approximate surface area is 142 Å². The SMILES string of the molecule is COc1ccccc1CC(=O)NC(C)c1ccc2ccccc2c1. The fourth-order valence-corrected chi connectivity index (χ4v) is 2.87. The van der Waals surface area contributed by atoms with Crippen molar-refractivity contribution < 1.29 is 9.53 Å². The van der Waals surface area contributed by atoms with Crippen LogP contribution in [0.3, 0.4) is 0 Å². The number of benzene rings is 3. The van der Waals surface area contributed by atoms with Crippen molar-refractivity contribution in [1.82, 2.24) is 5.32 Å². The van der Waals surface area contributed by atoms with Crippen molar-refractivity contribution in [1.29, 1.82) is 0 Å². The van der Waals surface area contributed by atoms with Crippen LogP contribution in [0.5, 0.6) is 5.75 Å². The number of hydrogen-bond donors (Lipinski definition) is 1. The van der Waals surface area contributed by atoms with Gasteiger partial charge < -0.3 is 10.1 Å². The van der Waals surface area contributed by atoms with E-state index in [2.05, 4.69) is 35.6 Å². The number of amides is 1. The first-order chi connectivity index (χ1) is 11.7. The number of carbonyl (C=O) groups is 1. The normalized spacial score (nSPS) is 11.9. The number of para-hydroxylation sites is 1. The zero-order valence-electron chi connectivity index (χ0n) is 14.0. The molecule has 0 aliphatic heterocycles. The van der Waals surface area contributed by atoms with Gasteiger partial charge in [-0.25, -0.2) is 0 Å². The molecule has 1 atom stereocenters. The van der Waals surface area contributed by atoms with Crippen LogP contribution in [-0.4, -0.2) is 13.0 Å². The number of hydrogen-bond acceptors (Lipinski definition) is 2. The molecule has 0 heterocycles. The highest BCUT2D eigenvalue weighted by molar-refractivity contribution is 5.84. The molecule has 0 aromatic heterocycles. The average Bonchev–Trinajstić information content (AvgIpc) is 2.61. The third kappa shape index (κ3) is 3.57. The second-order valence-electron chi connectivity index (χ2n) is 5.88. The summed E-state index contributed by atoms with van der Waals surface area (Å²) in [6.07, 6.45) is 0.307. The van der Waals surface area contributed by atoms with Gasteiger partial charge in [-0.05, 0) is 35.4 Å². The lowest BCUT2D eigenvalue weighted by Crippen LogP contribution is -2.28. The van der Waals surface area contributed by atoms with Crippen molar-refractivity contribution in [3.63, 3.8) is 0 Å². The predicted octanol–water partition coefficient (Wildman–Crippen LogP) is 4.27. The molecule has 3 rings (SSSR count). The molecular weight excluding hydrogens is 298 g/mol. The summed E-state index contributed by atoms with van der Waals surface area (Å²) in [5, 5.41) is 5.45. The topological polar surface area (TPSA) is 38.3 Å². The number of ether oxygens (including phenoxy) is 1. The van der Waals surface area contributed by atoms with Gasteiger partial charge in [-0.1, -0.05) is 54.6 Å². The molecule has 3 heteroatoms. The fourth-order valence-electron chi connectivity index (χ4n) is 2.87. The van der Waals surface area contributed by atoms with Crippen LogP contribution in [0.1, 0.15) is 24.1 Å². The van der Waals surface area contributed by atoms with E-state index >= 15 is 0 Å². The maximum atomic E-state index is 12.4. The highest BCUT2D eigenvalue weighted by Crippen LogP contribution is 2.21. The third-order valence-corrected chi connectivity index (χ3v) is 4.19. The Hall–Kier alpha value is -2.81.